The monoisotopic (exact) mass is 340 g/mol. The Morgan fingerprint density at radius 3 is 2.40 bits per heavy atom. The highest BCUT2D eigenvalue weighted by Gasteiger charge is 2.45. The van der Waals surface area contributed by atoms with E-state index in [1.54, 1.807) is 25.2 Å². The van der Waals surface area contributed by atoms with Gasteiger partial charge in [-0.15, -0.1) is 0 Å². The largest absolute Gasteiger partial charge is 0.359 e. The predicted molar refractivity (Wildman–Crippen MR) is 94.8 cm³/mol. The van der Waals surface area contributed by atoms with E-state index in [4.69, 9.17) is 0 Å². The highest BCUT2D eigenvalue weighted by Crippen LogP contribution is 2.44. The highest BCUT2D eigenvalue weighted by molar-refractivity contribution is 6.00. The lowest BCUT2D eigenvalue weighted by Gasteiger charge is -2.40. The Labute approximate surface area is 146 Å². The number of halogens is 1. The molecule has 0 bridgehead atoms. The molecule has 1 fully saturated rings. The Balaban J connectivity index is 1.73. The van der Waals surface area contributed by atoms with Crippen molar-refractivity contribution in [3.8, 4) is 0 Å². The van der Waals surface area contributed by atoms with Gasteiger partial charge in [-0.3, -0.25) is 9.59 Å². The van der Waals surface area contributed by atoms with Gasteiger partial charge in [0, 0.05) is 12.7 Å². The van der Waals surface area contributed by atoms with Crippen molar-refractivity contribution in [2.24, 2.45) is 0 Å². The van der Waals surface area contributed by atoms with Gasteiger partial charge in [-0.25, -0.2) is 4.39 Å². The third kappa shape index (κ3) is 3.55. The molecule has 2 aromatic rings. The smallest absolute Gasteiger partial charge is 0.235 e. The van der Waals surface area contributed by atoms with Crippen LogP contribution in [0.15, 0.2) is 48.5 Å². The zero-order valence-corrected chi connectivity index (χ0v) is 14.1. The van der Waals surface area contributed by atoms with Gasteiger partial charge in [0.1, 0.15) is 5.82 Å². The summed E-state index contributed by atoms with van der Waals surface area (Å²) in [6.45, 7) is 0. The van der Waals surface area contributed by atoms with Crippen molar-refractivity contribution in [1.29, 1.82) is 0 Å². The molecular formula is C20H21FN2O2. The first kappa shape index (κ1) is 17.1. The fourth-order valence-electron chi connectivity index (χ4n) is 3.19. The summed E-state index contributed by atoms with van der Waals surface area (Å²) < 4.78 is 13.6. The van der Waals surface area contributed by atoms with E-state index in [0.29, 0.717) is 12.1 Å². The molecule has 2 aromatic carbocycles. The first-order valence-corrected chi connectivity index (χ1v) is 8.40. The van der Waals surface area contributed by atoms with Gasteiger partial charge < -0.3 is 10.6 Å². The lowest BCUT2D eigenvalue weighted by atomic mass is 9.63. The fraction of sp³-hybridized carbons (Fsp3) is 0.300. The number of nitrogens with one attached hydrogen (secondary N) is 2. The van der Waals surface area contributed by atoms with Crippen molar-refractivity contribution in [1.82, 2.24) is 5.32 Å². The summed E-state index contributed by atoms with van der Waals surface area (Å²) in [5, 5.41) is 5.51. The Bertz CT molecular complexity index is 783. The van der Waals surface area contributed by atoms with Crippen molar-refractivity contribution < 1.29 is 14.0 Å². The average molecular weight is 340 g/mol. The molecule has 130 valence electrons. The fourth-order valence-corrected chi connectivity index (χ4v) is 3.19. The van der Waals surface area contributed by atoms with E-state index in [0.717, 1.165) is 30.4 Å². The van der Waals surface area contributed by atoms with Gasteiger partial charge in [0.15, 0.2) is 0 Å². The second-order valence-corrected chi connectivity index (χ2v) is 6.45. The lowest BCUT2D eigenvalue weighted by Crippen LogP contribution is -2.46. The molecule has 0 radical (unpaired) electrons. The number of carbonyl (C=O) groups excluding carboxylic acids is 2. The van der Waals surface area contributed by atoms with E-state index < -0.39 is 5.41 Å². The number of amides is 2. The number of benzene rings is 2. The molecule has 0 heterocycles. The first-order chi connectivity index (χ1) is 12.0. The quantitative estimate of drug-likeness (QED) is 0.878. The van der Waals surface area contributed by atoms with E-state index >= 15 is 0 Å². The van der Waals surface area contributed by atoms with Crippen LogP contribution in [0.25, 0.3) is 0 Å². The maximum absolute atomic E-state index is 13.6. The molecule has 0 unspecified atom stereocenters. The molecule has 0 spiro atoms. The molecule has 1 aliphatic carbocycles. The second-order valence-electron chi connectivity index (χ2n) is 6.45. The van der Waals surface area contributed by atoms with Gasteiger partial charge in [0.25, 0.3) is 0 Å². The normalized spacial score (nSPS) is 15.1. The average Bonchev–Trinajstić information content (AvgIpc) is 2.55. The van der Waals surface area contributed by atoms with Crippen LogP contribution in [0.5, 0.6) is 0 Å². The standard InChI is InChI=1S/C20H21FN2O2/c1-22-18(24)12-14-6-8-17(9-7-14)23-19(25)20(10-3-11-20)15-4-2-5-16(21)13-15/h2,4-9,13H,3,10-12H2,1H3,(H,22,24)(H,23,25). The Kier molecular flexibility index (Phi) is 4.83. The highest BCUT2D eigenvalue weighted by atomic mass is 19.1. The van der Waals surface area contributed by atoms with Crippen LogP contribution in [0.4, 0.5) is 10.1 Å². The predicted octanol–water partition coefficient (Wildman–Crippen LogP) is 3.17. The molecule has 2 N–H and O–H groups in total. The molecular weight excluding hydrogens is 319 g/mol. The van der Waals surface area contributed by atoms with Gasteiger partial charge in [-0.05, 0) is 48.2 Å². The summed E-state index contributed by atoms with van der Waals surface area (Å²) in [6, 6.07) is 13.5. The SMILES string of the molecule is CNC(=O)Cc1ccc(NC(=O)C2(c3cccc(F)c3)CCC2)cc1. The summed E-state index contributed by atoms with van der Waals surface area (Å²) >= 11 is 0. The summed E-state index contributed by atoms with van der Waals surface area (Å²) in [6.07, 6.45) is 2.70. The van der Waals surface area contributed by atoms with Crippen LogP contribution in [0.1, 0.15) is 30.4 Å². The summed E-state index contributed by atoms with van der Waals surface area (Å²) in [5.41, 5.74) is 1.63. The number of anilines is 1. The van der Waals surface area contributed by atoms with E-state index in [-0.39, 0.29) is 17.6 Å². The minimum absolute atomic E-state index is 0.0590. The Morgan fingerprint density at radius 2 is 1.84 bits per heavy atom. The van der Waals surface area contributed by atoms with Gasteiger partial charge >= 0.3 is 0 Å². The molecule has 0 aromatic heterocycles. The summed E-state index contributed by atoms with van der Waals surface area (Å²) in [4.78, 5) is 24.2. The maximum Gasteiger partial charge on any atom is 0.235 e. The minimum atomic E-state index is -0.650. The maximum atomic E-state index is 13.6. The third-order valence-corrected chi connectivity index (χ3v) is 4.87. The topological polar surface area (TPSA) is 58.2 Å². The minimum Gasteiger partial charge on any atom is -0.359 e. The van der Waals surface area contributed by atoms with E-state index in [1.165, 1.54) is 12.1 Å². The number of carbonyl (C=O) groups is 2. The number of likely N-dealkylation sites (N-methyl/N-ethyl adjacent to an activating group) is 1. The van der Waals surface area contributed by atoms with E-state index in [9.17, 15) is 14.0 Å². The number of rotatable bonds is 5. The van der Waals surface area contributed by atoms with Crippen molar-refractivity contribution in [2.45, 2.75) is 31.1 Å². The molecule has 1 saturated carbocycles. The van der Waals surface area contributed by atoms with Crippen LogP contribution in [0.2, 0.25) is 0 Å². The van der Waals surface area contributed by atoms with Gasteiger partial charge in [-0.1, -0.05) is 30.7 Å². The summed E-state index contributed by atoms with van der Waals surface area (Å²) in [7, 11) is 1.60. The molecule has 0 aliphatic heterocycles. The van der Waals surface area contributed by atoms with Gasteiger partial charge in [0.05, 0.1) is 11.8 Å². The molecule has 0 saturated heterocycles. The number of hydrogen-bond donors (Lipinski definition) is 2. The molecule has 1 aliphatic rings. The van der Waals surface area contributed by atoms with E-state index in [2.05, 4.69) is 10.6 Å². The van der Waals surface area contributed by atoms with Crippen LogP contribution >= 0.6 is 0 Å². The van der Waals surface area contributed by atoms with Crippen LogP contribution in [-0.4, -0.2) is 18.9 Å². The zero-order valence-electron chi connectivity index (χ0n) is 14.1. The van der Waals surface area contributed by atoms with Crippen molar-refractivity contribution in [3.63, 3.8) is 0 Å². The third-order valence-electron chi connectivity index (χ3n) is 4.87. The summed E-state index contributed by atoms with van der Waals surface area (Å²) in [5.74, 6) is -0.491. The van der Waals surface area contributed by atoms with Crippen molar-refractivity contribution in [3.05, 3.63) is 65.5 Å². The Morgan fingerprint density at radius 1 is 1.12 bits per heavy atom. The van der Waals surface area contributed by atoms with Crippen LogP contribution in [-0.2, 0) is 21.4 Å². The number of hydrogen-bond acceptors (Lipinski definition) is 2. The zero-order chi connectivity index (χ0) is 17.9. The molecule has 0 atom stereocenters. The van der Waals surface area contributed by atoms with Crippen molar-refractivity contribution >= 4 is 17.5 Å². The van der Waals surface area contributed by atoms with E-state index in [1.807, 2.05) is 18.2 Å². The van der Waals surface area contributed by atoms with Gasteiger partial charge in [-0.2, -0.15) is 0 Å². The van der Waals surface area contributed by atoms with Crippen LogP contribution in [0.3, 0.4) is 0 Å². The van der Waals surface area contributed by atoms with Crippen LogP contribution < -0.4 is 10.6 Å². The second kappa shape index (κ2) is 7.05. The first-order valence-electron chi connectivity index (χ1n) is 8.40. The molecule has 4 nitrogen and oxygen atoms in total. The molecule has 3 rings (SSSR count). The molecule has 25 heavy (non-hydrogen) atoms. The van der Waals surface area contributed by atoms with Gasteiger partial charge in [0.2, 0.25) is 11.8 Å². The molecule has 5 heteroatoms. The molecule has 2 amide bonds. The Hall–Kier alpha value is -2.69. The van der Waals surface area contributed by atoms with Crippen LogP contribution in [0, 0.1) is 5.82 Å². The lowest BCUT2D eigenvalue weighted by molar-refractivity contribution is -0.124. The van der Waals surface area contributed by atoms with Crippen molar-refractivity contribution in [2.75, 3.05) is 12.4 Å².